The molecule has 1 aliphatic rings. The van der Waals surface area contributed by atoms with Gasteiger partial charge in [0.2, 0.25) is 11.8 Å². The van der Waals surface area contributed by atoms with E-state index in [0.29, 0.717) is 22.6 Å². The van der Waals surface area contributed by atoms with E-state index in [4.69, 9.17) is 9.47 Å². The molecule has 7 nitrogen and oxygen atoms in total. The second kappa shape index (κ2) is 9.17. The molecule has 2 aromatic carbocycles. The maximum atomic E-state index is 13.9. The molecule has 2 heterocycles. The maximum absolute atomic E-state index is 13.9. The number of fused-ring (bicyclic) bond motifs is 2. The van der Waals surface area contributed by atoms with Gasteiger partial charge in [0.25, 0.3) is 5.91 Å². The van der Waals surface area contributed by atoms with Gasteiger partial charge in [-0.15, -0.1) is 0 Å². The molecular weight excluding hydrogens is 430 g/mol. The van der Waals surface area contributed by atoms with Crippen LogP contribution in [0.2, 0.25) is 0 Å². The van der Waals surface area contributed by atoms with Crippen LogP contribution in [0, 0.1) is 6.92 Å². The highest BCUT2D eigenvalue weighted by Gasteiger charge is 2.39. The van der Waals surface area contributed by atoms with E-state index in [1.807, 2.05) is 70.2 Å². The first-order valence-electron chi connectivity index (χ1n) is 11.2. The summed E-state index contributed by atoms with van der Waals surface area (Å²) < 4.78 is 11.4. The molecule has 2 amide bonds. The number of carbonyl (C=O) groups excluding carboxylic acids is 2. The summed E-state index contributed by atoms with van der Waals surface area (Å²) in [6.07, 6.45) is 1.59. The number of amides is 2. The number of hydrogen-bond acceptors (Lipinski definition) is 5. The number of hydrogen-bond donors (Lipinski definition) is 1. The molecule has 1 aliphatic heterocycles. The van der Waals surface area contributed by atoms with Crippen LogP contribution >= 0.6 is 0 Å². The van der Waals surface area contributed by atoms with Crippen LogP contribution in [0.3, 0.4) is 0 Å². The molecule has 0 bridgehead atoms. The van der Waals surface area contributed by atoms with Crippen molar-refractivity contribution in [3.8, 4) is 17.4 Å². The van der Waals surface area contributed by atoms with Crippen LogP contribution in [-0.4, -0.2) is 34.3 Å². The highest BCUT2D eigenvalue weighted by atomic mass is 16.5. The summed E-state index contributed by atoms with van der Waals surface area (Å²) in [6, 6.07) is 15.5. The van der Waals surface area contributed by atoms with Crippen LogP contribution < -0.4 is 14.8 Å². The SMILES string of the molecule is COc1ccc(CN2C(=O)c3cccnc3Oc3c(C)cccc3C2C(=O)NC(C)(C)C)cc1. The van der Waals surface area contributed by atoms with Crippen LogP contribution in [0.25, 0.3) is 0 Å². The first kappa shape index (κ1) is 23.3. The van der Waals surface area contributed by atoms with Gasteiger partial charge in [-0.05, 0) is 63.1 Å². The van der Waals surface area contributed by atoms with E-state index < -0.39 is 11.6 Å². The summed E-state index contributed by atoms with van der Waals surface area (Å²) in [6.45, 7) is 7.87. The summed E-state index contributed by atoms with van der Waals surface area (Å²) in [4.78, 5) is 33.5. The highest BCUT2D eigenvalue weighted by molar-refractivity contribution is 6.00. The molecule has 0 aliphatic carbocycles. The van der Waals surface area contributed by atoms with Crippen molar-refractivity contribution in [3.63, 3.8) is 0 Å². The van der Waals surface area contributed by atoms with Gasteiger partial charge in [0.15, 0.2) is 0 Å². The van der Waals surface area contributed by atoms with Gasteiger partial charge in [-0.2, -0.15) is 0 Å². The van der Waals surface area contributed by atoms with Gasteiger partial charge in [0.05, 0.1) is 7.11 Å². The molecule has 1 atom stereocenters. The molecule has 3 aromatic rings. The maximum Gasteiger partial charge on any atom is 0.260 e. The Bertz CT molecular complexity index is 1220. The van der Waals surface area contributed by atoms with Crippen LogP contribution in [0.15, 0.2) is 60.8 Å². The van der Waals surface area contributed by atoms with Crippen molar-refractivity contribution in [2.24, 2.45) is 0 Å². The number of rotatable bonds is 4. The quantitative estimate of drug-likeness (QED) is 0.606. The molecule has 0 saturated carbocycles. The minimum Gasteiger partial charge on any atom is -0.497 e. The lowest BCUT2D eigenvalue weighted by molar-refractivity contribution is -0.127. The molecule has 34 heavy (non-hydrogen) atoms. The Morgan fingerprint density at radius 2 is 1.85 bits per heavy atom. The zero-order chi connectivity index (χ0) is 24.5. The van der Waals surface area contributed by atoms with Crippen molar-refractivity contribution in [2.45, 2.75) is 45.8 Å². The third-order valence-corrected chi connectivity index (χ3v) is 5.57. The number of nitrogens with zero attached hydrogens (tertiary/aromatic N) is 2. The Morgan fingerprint density at radius 1 is 1.12 bits per heavy atom. The van der Waals surface area contributed by atoms with Gasteiger partial charge in [-0.3, -0.25) is 9.59 Å². The van der Waals surface area contributed by atoms with Crippen molar-refractivity contribution in [3.05, 3.63) is 83.0 Å². The topological polar surface area (TPSA) is 80.8 Å². The zero-order valence-corrected chi connectivity index (χ0v) is 20.1. The van der Waals surface area contributed by atoms with Gasteiger partial charge in [0, 0.05) is 23.8 Å². The first-order valence-corrected chi connectivity index (χ1v) is 11.2. The number of ether oxygens (including phenoxy) is 2. The van der Waals surface area contributed by atoms with E-state index in [0.717, 1.165) is 11.1 Å². The van der Waals surface area contributed by atoms with Crippen LogP contribution in [0.4, 0.5) is 0 Å². The molecule has 0 radical (unpaired) electrons. The molecular formula is C27H29N3O4. The van der Waals surface area contributed by atoms with Crippen LogP contribution in [0.1, 0.15) is 53.9 Å². The lowest BCUT2D eigenvalue weighted by atomic mass is 9.96. The fraction of sp³-hybridized carbons (Fsp3) is 0.296. The largest absolute Gasteiger partial charge is 0.497 e. The van der Waals surface area contributed by atoms with Crippen LogP contribution in [-0.2, 0) is 11.3 Å². The summed E-state index contributed by atoms with van der Waals surface area (Å²) >= 11 is 0. The molecule has 7 heteroatoms. The molecule has 176 valence electrons. The average molecular weight is 460 g/mol. The van der Waals surface area contributed by atoms with Gasteiger partial charge in [0.1, 0.15) is 23.1 Å². The van der Waals surface area contributed by atoms with E-state index in [1.54, 1.807) is 30.3 Å². The number of carbonyl (C=O) groups is 2. The standard InChI is InChI=1S/C27H29N3O4/c1-17-8-6-9-20-22(24(31)29-27(2,3)4)30(16-18-11-13-19(33-5)14-12-18)26(32)21-10-7-15-28-25(21)34-23(17)20/h6-15,22H,16H2,1-5H3,(H,29,31). The Labute approximate surface area is 199 Å². The number of aryl methyl sites for hydroxylation is 1. The number of aromatic nitrogens is 1. The Balaban J connectivity index is 1.90. The van der Waals surface area contributed by atoms with Crippen molar-refractivity contribution < 1.29 is 19.1 Å². The molecule has 4 rings (SSSR count). The fourth-order valence-corrected chi connectivity index (χ4v) is 4.01. The lowest BCUT2D eigenvalue weighted by Crippen LogP contribution is -2.49. The minimum atomic E-state index is -0.905. The Kier molecular flexibility index (Phi) is 6.28. The fourth-order valence-electron chi connectivity index (χ4n) is 4.01. The van der Waals surface area contributed by atoms with Crippen LogP contribution in [0.5, 0.6) is 17.4 Å². The number of benzene rings is 2. The molecule has 1 N–H and O–H groups in total. The number of nitrogens with one attached hydrogen (secondary N) is 1. The van der Waals surface area contributed by atoms with E-state index in [1.165, 1.54) is 0 Å². The second-order valence-electron chi connectivity index (χ2n) is 9.37. The molecule has 1 unspecified atom stereocenters. The predicted octanol–water partition coefficient (Wildman–Crippen LogP) is 4.80. The third kappa shape index (κ3) is 4.73. The van der Waals surface area contributed by atoms with E-state index >= 15 is 0 Å². The van der Waals surface area contributed by atoms with E-state index in [9.17, 15) is 9.59 Å². The van der Waals surface area contributed by atoms with Gasteiger partial charge >= 0.3 is 0 Å². The Hall–Kier alpha value is -3.87. The van der Waals surface area contributed by atoms with Gasteiger partial charge in [-0.25, -0.2) is 4.98 Å². The minimum absolute atomic E-state index is 0.215. The smallest absolute Gasteiger partial charge is 0.260 e. The zero-order valence-electron chi connectivity index (χ0n) is 20.1. The van der Waals surface area contributed by atoms with Gasteiger partial charge < -0.3 is 19.7 Å². The summed E-state index contributed by atoms with van der Waals surface area (Å²) in [7, 11) is 1.60. The summed E-state index contributed by atoms with van der Waals surface area (Å²) in [5, 5.41) is 3.05. The predicted molar refractivity (Wildman–Crippen MR) is 129 cm³/mol. The van der Waals surface area contributed by atoms with Crippen molar-refractivity contribution in [2.75, 3.05) is 7.11 Å². The number of methoxy groups -OCH3 is 1. The number of para-hydroxylation sites is 1. The van der Waals surface area contributed by atoms with Crippen molar-refractivity contribution in [1.82, 2.24) is 15.2 Å². The lowest BCUT2D eigenvalue weighted by Gasteiger charge is -2.36. The summed E-state index contributed by atoms with van der Waals surface area (Å²) in [5.41, 5.74) is 2.14. The highest BCUT2D eigenvalue weighted by Crippen LogP contribution is 2.40. The normalized spacial score (nSPS) is 15.4. The van der Waals surface area contributed by atoms with Crippen molar-refractivity contribution in [1.29, 1.82) is 0 Å². The molecule has 0 fully saturated rings. The Morgan fingerprint density at radius 3 is 2.53 bits per heavy atom. The van der Waals surface area contributed by atoms with E-state index in [2.05, 4.69) is 10.3 Å². The van der Waals surface area contributed by atoms with Crippen molar-refractivity contribution >= 4 is 11.8 Å². The first-order chi connectivity index (χ1) is 16.2. The summed E-state index contributed by atoms with van der Waals surface area (Å²) in [5.74, 6) is 0.854. The molecule has 0 saturated heterocycles. The van der Waals surface area contributed by atoms with E-state index in [-0.39, 0.29) is 24.2 Å². The van der Waals surface area contributed by atoms with Gasteiger partial charge in [-0.1, -0.05) is 30.3 Å². The monoisotopic (exact) mass is 459 g/mol. The molecule has 1 aromatic heterocycles. The number of pyridine rings is 1. The average Bonchev–Trinajstić information content (AvgIpc) is 2.79. The third-order valence-electron chi connectivity index (χ3n) is 5.57. The second-order valence-corrected chi connectivity index (χ2v) is 9.37. The molecule has 0 spiro atoms.